The molecule has 1 aliphatic heterocycles. The van der Waals surface area contributed by atoms with E-state index in [4.69, 9.17) is 14.5 Å². The lowest BCUT2D eigenvalue weighted by molar-refractivity contribution is -0.130. The van der Waals surface area contributed by atoms with Gasteiger partial charge in [-0.25, -0.2) is 4.98 Å². The van der Waals surface area contributed by atoms with Gasteiger partial charge in [-0.15, -0.1) is 0 Å². The molecule has 1 atom stereocenters. The molecule has 6 nitrogen and oxygen atoms in total. The molecule has 0 spiro atoms. The molecule has 6 heteroatoms. The number of rotatable bonds is 11. The van der Waals surface area contributed by atoms with E-state index in [9.17, 15) is 4.79 Å². The summed E-state index contributed by atoms with van der Waals surface area (Å²) in [6, 6.07) is 14.5. The molecular formula is C27H35N3O3. The van der Waals surface area contributed by atoms with Gasteiger partial charge in [0.05, 0.1) is 17.6 Å². The van der Waals surface area contributed by atoms with Gasteiger partial charge >= 0.3 is 0 Å². The number of carbonyl (C=O) groups is 1. The maximum absolute atomic E-state index is 12.0. The number of aromatic nitrogens is 2. The summed E-state index contributed by atoms with van der Waals surface area (Å²) >= 11 is 0. The Morgan fingerprint density at radius 1 is 1.12 bits per heavy atom. The second kappa shape index (κ2) is 11.3. The number of para-hydroxylation sites is 3. The number of carbonyl (C=O) groups excluding carboxylic acids is 1. The van der Waals surface area contributed by atoms with Gasteiger partial charge in [-0.2, -0.15) is 0 Å². The molecule has 1 amide bonds. The second-order valence-corrected chi connectivity index (χ2v) is 8.84. The Kier molecular flexibility index (Phi) is 8.00. The largest absolute Gasteiger partial charge is 0.491 e. The average molecular weight is 450 g/mol. The van der Waals surface area contributed by atoms with E-state index < -0.39 is 0 Å². The van der Waals surface area contributed by atoms with E-state index in [1.807, 2.05) is 6.07 Å². The minimum absolute atomic E-state index is 0.0400. The topological polar surface area (TPSA) is 65.4 Å². The minimum Gasteiger partial charge on any atom is -0.491 e. The van der Waals surface area contributed by atoms with Crippen molar-refractivity contribution in [2.45, 2.75) is 65.0 Å². The lowest BCUT2D eigenvalue weighted by atomic mass is 10.1. The molecular weight excluding hydrogens is 414 g/mol. The molecule has 0 radical (unpaired) electrons. The maximum atomic E-state index is 12.0. The SMILES string of the molecule is Cc1cccc(C)c1OCCn1c(CCCCCNC(=O)C2CCCO2)nc2ccccc21. The van der Waals surface area contributed by atoms with E-state index >= 15 is 0 Å². The minimum atomic E-state index is -0.240. The first kappa shape index (κ1) is 23.3. The molecule has 1 aromatic heterocycles. The van der Waals surface area contributed by atoms with Crippen molar-refractivity contribution in [1.82, 2.24) is 14.9 Å². The summed E-state index contributed by atoms with van der Waals surface area (Å²) in [6.45, 7) is 6.95. The van der Waals surface area contributed by atoms with E-state index in [1.165, 1.54) is 0 Å². The third-order valence-corrected chi connectivity index (χ3v) is 6.30. The zero-order valence-electron chi connectivity index (χ0n) is 19.8. The number of amides is 1. The lowest BCUT2D eigenvalue weighted by Gasteiger charge is -2.14. The number of ether oxygens (including phenoxy) is 2. The molecule has 1 unspecified atom stereocenters. The third kappa shape index (κ3) is 5.93. The zero-order valence-corrected chi connectivity index (χ0v) is 19.8. The summed E-state index contributed by atoms with van der Waals surface area (Å²) in [4.78, 5) is 16.9. The Labute approximate surface area is 196 Å². The first-order valence-electron chi connectivity index (χ1n) is 12.2. The van der Waals surface area contributed by atoms with Crippen LogP contribution in [0.3, 0.4) is 0 Å². The highest BCUT2D eigenvalue weighted by Gasteiger charge is 2.22. The number of aryl methyl sites for hydroxylation is 3. The van der Waals surface area contributed by atoms with E-state index in [0.717, 1.165) is 78.8 Å². The highest BCUT2D eigenvalue weighted by atomic mass is 16.5. The Morgan fingerprint density at radius 2 is 1.94 bits per heavy atom. The normalized spacial score (nSPS) is 15.8. The van der Waals surface area contributed by atoms with Crippen molar-refractivity contribution in [2.24, 2.45) is 0 Å². The molecule has 0 saturated carbocycles. The van der Waals surface area contributed by atoms with Gasteiger partial charge < -0.3 is 19.4 Å². The molecule has 0 bridgehead atoms. The van der Waals surface area contributed by atoms with Crippen molar-refractivity contribution >= 4 is 16.9 Å². The molecule has 1 aliphatic rings. The van der Waals surface area contributed by atoms with Crippen LogP contribution in [0.4, 0.5) is 0 Å². The van der Waals surface area contributed by atoms with Crippen molar-refractivity contribution in [1.29, 1.82) is 0 Å². The molecule has 1 N–H and O–H groups in total. The lowest BCUT2D eigenvalue weighted by Crippen LogP contribution is -2.34. The Hall–Kier alpha value is -2.86. The van der Waals surface area contributed by atoms with Crippen LogP contribution in [-0.4, -0.2) is 41.3 Å². The van der Waals surface area contributed by atoms with Gasteiger partial charge in [-0.1, -0.05) is 36.8 Å². The number of unbranched alkanes of at least 4 members (excludes halogenated alkanes) is 2. The fraction of sp³-hybridized carbons (Fsp3) is 0.481. The van der Waals surface area contributed by atoms with E-state index in [1.54, 1.807) is 0 Å². The van der Waals surface area contributed by atoms with E-state index in [2.05, 4.69) is 60.1 Å². The molecule has 176 valence electrons. The van der Waals surface area contributed by atoms with Crippen LogP contribution in [0, 0.1) is 13.8 Å². The first-order chi connectivity index (χ1) is 16.1. The summed E-state index contributed by atoms with van der Waals surface area (Å²) in [7, 11) is 0. The first-order valence-corrected chi connectivity index (χ1v) is 12.2. The fourth-order valence-corrected chi connectivity index (χ4v) is 4.53. The number of imidazole rings is 1. The van der Waals surface area contributed by atoms with Gasteiger partial charge in [0.1, 0.15) is 24.3 Å². The van der Waals surface area contributed by atoms with E-state index in [-0.39, 0.29) is 12.0 Å². The predicted octanol–water partition coefficient (Wildman–Crippen LogP) is 4.74. The van der Waals surface area contributed by atoms with E-state index in [0.29, 0.717) is 19.8 Å². The van der Waals surface area contributed by atoms with Gasteiger partial charge in [-0.3, -0.25) is 4.79 Å². The van der Waals surface area contributed by atoms with Gasteiger partial charge in [0.15, 0.2) is 0 Å². The summed E-state index contributed by atoms with van der Waals surface area (Å²) in [5.74, 6) is 2.12. The second-order valence-electron chi connectivity index (χ2n) is 8.84. The highest BCUT2D eigenvalue weighted by Crippen LogP contribution is 2.23. The number of hydrogen-bond donors (Lipinski definition) is 1. The highest BCUT2D eigenvalue weighted by molar-refractivity contribution is 5.80. The summed E-state index contributed by atoms with van der Waals surface area (Å²) in [6.07, 6.45) is 5.55. The summed E-state index contributed by atoms with van der Waals surface area (Å²) in [5, 5.41) is 3.01. The van der Waals surface area contributed by atoms with Crippen molar-refractivity contribution < 1.29 is 14.3 Å². The Balaban J connectivity index is 1.29. The molecule has 4 rings (SSSR count). The van der Waals surface area contributed by atoms with Gasteiger partial charge in [0.2, 0.25) is 5.91 Å². The van der Waals surface area contributed by atoms with Gasteiger partial charge in [0, 0.05) is 19.6 Å². The van der Waals surface area contributed by atoms with Gasteiger partial charge in [-0.05, 0) is 62.8 Å². The Morgan fingerprint density at radius 3 is 2.73 bits per heavy atom. The van der Waals surface area contributed by atoms with Crippen LogP contribution in [0.15, 0.2) is 42.5 Å². The molecule has 1 saturated heterocycles. The fourth-order valence-electron chi connectivity index (χ4n) is 4.53. The number of nitrogens with zero attached hydrogens (tertiary/aromatic N) is 2. The summed E-state index contributed by atoms with van der Waals surface area (Å²) < 4.78 is 13.9. The van der Waals surface area contributed by atoms with Crippen LogP contribution >= 0.6 is 0 Å². The number of hydrogen-bond acceptors (Lipinski definition) is 4. The molecule has 2 aromatic carbocycles. The Bertz CT molecular complexity index is 1050. The molecule has 0 aliphatic carbocycles. The number of fused-ring (bicyclic) bond motifs is 1. The molecule has 1 fully saturated rings. The predicted molar refractivity (Wildman–Crippen MR) is 131 cm³/mol. The quantitative estimate of drug-likeness (QED) is 0.430. The van der Waals surface area contributed by atoms with Crippen LogP contribution in [0.2, 0.25) is 0 Å². The van der Waals surface area contributed by atoms with Crippen LogP contribution in [-0.2, 0) is 22.5 Å². The zero-order chi connectivity index (χ0) is 23.0. The van der Waals surface area contributed by atoms with Crippen LogP contribution < -0.4 is 10.1 Å². The maximum Gasteiger partial charge on any atom is 0.249 e. The third-order valence-electron chi connectivity index (χ3n) is 6.30. The molecule has 3 aromatic rings. The monoisotopic (exact) mass is 449 g/mol. The van der Waals surface area contributed by atoms with Crippen molar-refractivity contribution in [3.63, 3.8) is 0 Å². The van der Waals surface area contributed by atoms with Crippen molar-refractivity contribution in [3.8, 4) is 5.75 Å². The van der Waals surface area contributed by atoms with Crippen LogP contribution in [0.1, 0.15) is 49.1 Å². The summed E-state index contributed by atoms with van der Waals surface area (Å²) in [5.41, 5.74) is 4.51. The molecule has 2 heterocycles. The van der Waals surface area contributed by atoms with Crippen molar-refractivity contribution in [2.75, 3.05) is 19.8 Å². The van der Waals surface area contributed by atoms with Gasteiger partial charge in [0.25, 0.3) is 0 Å². The standard InChI is InChI=1S/C27H35N3O3/c1-20-10-8-11-21(2)26(20)33-19-17-30-23-13-6-5-12-22(23)29-25(30)15-4-3-7-16-28-27(31)24-14-9-18-32-24/h5-6,8,10-13,24H,3-4,7,9,14-19H2,1-2H3,(H,28,31). The molecule has 33 heavy (non-hydrogen) atoms. The van der Waals surface area contributed by atoms with Crippen molar-refractivity contribution in [3.05, 3.63) is 59.4 Å². The number of benzene rings is 2. The number of nitrogens with one attached hydrogen (secondary N) is 1. The van der Waals surface area contributed by atoms with Crippen LogP contribution in [0.5, 0.6) is 5.75 Å². The average Bonchev–Trinajstić information content (AvgIpc) is 3.46. The smallest absolute Gasteiger partial charge is 0.249 e. The van der Waals surface area contributed by atoms with Crippen LogP contribution in [0.25, 0.3) is 11.0 Å².